The standard InChI is InChI=1S/C41H44O10/c1-3-5-28-46-32-16-12-30(13-17-32)40(44)50-36-24-20-34(21-25-36)48-38(42)10-8-7-9-11-39(43)49-35-22-26-37(27-23-35)51-41(45)31-14-18-33(19-15-31)47-29-6-4-2/h12-27H,3-11,28-29H2,1-2H3. The van der Waals surface area contributed by atoms with E-state index >= 15 is 0 Å². The van der Waals surface area contributed by atoms with E-state index in [4.69, 9.17) is 28.4 Å². The number of hydrogen-bond acceptors (Lipinski definition) is 10. The van der Waals surface area contributed by atoms with E-state index < -0.39 is 23.9 Å². The summed E-state index contributed by atoms with van der Waals surface area (Å²) in [5.41, 5.74) is 0.782. The molecule has 10 heteroatoms. The highest BCUT2D eigenvalue weighted by atomic mass is 16.5. The second-order valence-corrected chi connectivity index (χ2v) is 11.7. The fraction of sp³-hybridized carbons (Fsp3) is 0.317. The summed E-state index contributed by atoms with van der Waals surface area (Å²) >= 11 is 0. The van der Waals surface area contributed by atoms with Gasteiger partial charge in [-0.1, -0.05) is 33.1 Å². The van der Waals surface area contributed by atoms with Crippen molar-refractivity contribution in [2.75, 3.05) is 13.2 Å². The molecule has 0 aliphatic rings. The molecule has 4 aromatic carbocycles. The number of carbonyl (C=O) groups excluding carboxylic acids is 4. The van der Waals surface area contributed by atoms with E-state index in [0.29, 0.717) is 78.1 Å². The van der Waals surface area contributed by atoms with Gasteiger partial charge >= 0.3 is 23.9 Å². The molecule has 0 aliphatic carbocycles. The first kappa shape index (κ1) is 38.2. The molecule has 0 amide bonds. The Morgan fingerprint density at radius 3 is 1.04 bits per heavy atom. The van der Waals surface area contributed by atoms with Crippen LogP contribution in [0.25, 0.3) is 0 Å². The summed E-state index contributed by atoms with van der Waals surface area (Å²) in [6, 6.07) is 26.0. The monoisotopic (exact) mass is 696 g/mol. The van der Waals surface area contributed by atoms with Crippen molar-refractivity contribution in [1.82, 2.24) is 0 Å². The molecule has 0 heterocycles. The van der Waals surface area contributed by atoms with Gasteiger partial charge in [-0.3, -0.25) is 9.59 Å². The van der Waals surface area contributed by atoms with E-state index in [1.165, 1.54) is 0 Å². The van der Waals surface area contributed by atoms with E-state index in [-0.39, 0.29) is 12.8 Å². The van der Waals surface area contributed by atoms with Crippen LogP contribution in [0, 0.1) is 0 Å². The summed E-state index contributed by atoms with van der Waals surface area (Å²) in [6.45, 7) is 5.43. The molecule has 0 fully saturated rings. The van der Waals surface area contributed by atoms with Crippen molar-refractivity contribution in [2.24, 2.45) is 0 Å². The molecule has 0 bridgehead atoms. The van der Waals surface area contributed by atoms with Gasteiger partial charge in [0.1, 0.15) is 34.5 Å². The molecule has 10 nitrogen and oxygen atoms in total. The Morgan fingerprint density at radius 1 is 0.392 bits per heavy atom. The first-order valence-electron chi connectivity index (χ1n) is 17.3. The van der Waals surface area contributed by atoms with Crippen molar-refractivity contribution in [3.8, 4) is 34.5 Å². The number of hydrogen-bond donors (Lipinski definition) is 0. The molecular formula is C41H44O10. The zero-order valence-electron chi connectivity index (χ0n) is 29.1. The molecule has 0 N–H and O–H groups in total. The van der Waals surface area contributed by atoms with E-state index in [1.54, 1.807) is 97.1 Å². The van der Waals surface area contributed by atoms with E-state index in [9.17, 15) is 19.2 Å². The molecule has 4 rings (SSSR count). The third-order valence-electron chi connectivity index (χ3n) is 7.51. The van der Waals surface area contributed by atoms with Crippen LogP contribution >= 0.6 is 0 Å². The van der Waals surface area contributed by atoms with Crippen LogP contribution in [0.15, 0.2) is 97.1 Å². The minimum Gasteiger partial charge on any atom is -0.494 e. The zero-order chi connectivity index (χ0) is 36.3. The predicted octanol–water partition coefficient (Wildman–Crippen LogP) is 8.94. The molecule has 0 saturated carbocycles. The number of benzene rings is 4. The summed E-state index contributed by atoms with van der Waals surface area (Å²) in [7, 11) is 0. The molecular weight excluding hydrogens is 652 g/mol. The normalized spacial score (nSPS) is 10.5. The fourth-order valence-electron chi connectivity index (χ4n) is 4.61. The molecule has 0 saturated heterocycles. The lowest BCUT2D eigenvalue weighted by Crippen LogP contribution is -2.10. The van der Waals surface area contributed by atoms with Gasteiger partial charge in [0.05, 0.1) is 24.3 Å². The Labute approximate surface area is 298 Å². The van der Waals surface area contributed by atoms with Crippen LogP contribution in [0.5, 0.6) is 34.5 Å². The molecule has 0 unspecified atom stereocenters. The Balaban J connectivity index is 1.08. The van der Waals surface area contributed by atoms with E-state index in [1.807, 2.05) is 0 Å². The van der Waals surface area contributed by atoms with Crippen molar-refractivity contribution in [3.63, 3.8) is 0 Å². The average molecular weight is 697 g/mol. The van der Waals surface area contributed by atoms with Crippen LogP contribution in [0.3, 0.4) is 0 Å². The number of ether oxygens (including phenoxy) is 6. The van der Waals surface area contributed by atoms with Gasteiger partial charge in [-0.15, -0.1) is 0 Å². The van der Waals surface area contributed by atoms with Crippen molar-refractivity contribution < 1.29 is 47.6 Å². The van der Waals surface area contributed by atoms with Gasteiger partial charge < -0.3 is 28.4 Å². The highest BCUT2D eigenvalue weighted by Crippen LogP contribution is 2.22. The van der Waals surface area contributed by atoms with Crippen LogP contribution in [-0.2, 0) is 9.59 Å². The maximum absolute atomic E-state index is 12.5. The number of carbonyl (C=O) groups is 4. The zero-order valence-corrected chi connectivity index (χ0v) is 29.1. The first-order chi connectivity index (χ1) is 24.8. The first-order valence-corrected chi connectivity index (χ1v) is 17.3. The van der Waals surface area contributed by atoms with Crippen molar-refractivity contribution in [1.29, 1.82) is 0 Å². The highest BCUT2D eigenvalue weighted by Gasteiger charge is 2.12. The van der Waals surface area contributed by atoms with Gasteiger partial charge in [-0.05, 0) is 123 Å². The van der Waals surface area contributed by atoms with Crippen molar-refractivity contribution in [3.05, 3.63) is 108 Å². The van der Waals surface area contributed by atoms with Gasteiger partial charge in [-0.25, -0.2) is 9.59 Å². The van der Waals surface area contributed by atoms with E-state index in [2.05, 4.69) is 13.8 Å². The Morgan fingerprint density at radius 2 is 0.706 bits per heavy atom. The van der Waals surface area contributed by atoms with Crippen molar-refractivity contribution >= 4 is 23.9 Å². The Hall–Kier alpha value is -5.64. The highest BCUT2D eigenvalue weighted by molar-refractivity contribution is 5.91. The smallest absolute Gasteiger partial charge is 0.343 e. The molecule has 268 valence electrons. The minimum atomic E-state index is -0.508. The van der Waals surface area contributed by atoms with Crippen molar-refractivity contribution in [2.45, 2.75) is 71.6 Å². The minimum absolute atomic E-state index is 0.182. The Bertz CT molecular complexity index is 1550. The predicted molar refractivity (Wildman–Crippen MR) is 191 cm³/mol. The number of unbranched alkanes of at least 4 members (excludes halogenated alkanes) is 4. The lowest BCUT2D eigenvalue weighted by molar-refractivity contribution is -0.134. The molecule has 51 heavy (non-hydrogen) atoms. The number of rotatable bonds is 20. The number of esters is 4. The second-order valence-electron chi connectivity index (χ2n) is 11.7. The second kappa shape index (κ2) is 20.8. The molecule has 0 aromatic heterocycles. The Kier molecular flexibility index (Phi) is 15.5. The lowest BCUT2D eigenvalue weighted by Gasteiger charge is -2.08. The van der Waals surface area contributed by atoms with Gasteiger partial charge in [-0.2, -0.15) is 0 Å². The van der Waals surface area contributed by atoms with Crippen LogP contribution < -0.4 is 28.4 Å². The summed E-state index contributed by atoms with van der Waals surface area (Å²) in [5.74, 6) is 0.871. The van der Waals surface area contributed by atoms with Crippen LogP contribution in [-0.4, -0.2) is 37.1 Å². The summed E-state index contributed by atoms with van der Waals surface area (Å²) in [4.78, 5) is 49.5. The largest absolute Gasteiger partial charge is 0.494 e. The molecule has 0 atom stereocenters. The van der Waals surface area contributed by atoms with Gasteiger partial charge in [0.25, 0.3) is 0 Å². The molecule has 4 aromatic rings. The third kappa shape index (κ3) is 13.7. The average Bonchev–Trinajstić information content (AvgIpc) is 3.14. The topological polar surface area (TPSA) is 124 Å². The maximum Gasteiger partial charge on any atom is 0.343 e. The fourth-order valence-corrected chi connectivity index (χ4v) is 4.61. The van der Waals surface area contributed by atoms with Gasteiger partial charge in [0, 0.05) is 12.8 Å². The van der Waals surface area contributed by atoms with E-state index in [0.717, 1.165) is 25.7 Å². The van der Waals surface area contributed by atoms with Crippen LogP contribution in [0.2, 0.25) is 0 Å². The summed E-state index contributed by atoms with van der Waals surface area (Å²) < 4.78 is 32.8. The van der Waals surface area contributed by atoms with Gasteiger partial charge in [0.2, 0.25) is 0 Å². The lowest BCUT2D eigenvalue weighted by atomic mass is 10.1. The summed E-state index contributed by atoms with van der Waals surface area (Å²) in [5, 5.41) is 0. The summed E-state index contributed by atoms with van der Waals surface area (Å²) in [6.07, 6.45) is 6.08. The SMILES string of the molecule is CCCCOc1ccc(C(=O)Oc2ccc(OC(=O)CCCCCC(=O)Oc3ccc(OC(=O)c4ccc(OCCCC)cc4)cc3)cc2)cc1. The van der Waals surface area contributed by atoms with Gasteiger partial charge in [0.15, 0.2) is 0 Å². The van der Waals surface area contributed by atoms with Crippen LogP contribution in [0.4, 0.5) is 0 Å². The van der Waals surface area contributed by atoms with Crippen LogP contribution in [0.1, 0.15) is 92.4 Å². The molecule has 0 spiro atoms. The maximum atomic E-state index is 12.5. The molecule has 0 radical (unpaired) electrons. The molecule has 0 aliphatic heterocycles. The third-order valence-corrected chi connectivity index (χ3v) is 7.51. The quantitative estimate of drug-likeness (QED) is 0.0503.